The van der Waals surface area contributed by atoms with Crippen LogP contribution in [0, 0.1) is 30.2 Å². The van der Waals surface area contributed by atoms with Gasteiger partial charge in [0.15, 0.2) is 0 Å². The number of benzene rings is 7. The number of pyridine rings is 1. The summed E-state index contributed by atoms with van der Waals surface area (Å²) in [4.78, 5) is 9.64. The van der Waals surface area contributed by atoms with Gasteiger partial charge in [-0.15, -0.1) is 42.0 Å². The van der Waals surface area contributed by atoms with E-state index in [2.05, 4.69) is 166 Å². The fourth-order valence-corrected chi connectivity index (χ4v) is 10.4. The molecule has 7 heteroatoms. The Morgan fingerprint density at radius 3 is 2.12 bits per heavy atom. The Hall–Kier alpha value is -5.72. The minimum absolute atomic E-state index is 0. The molecule has 0 spiro atoms. The van der Waals surface area contributed by atoms with E-state index in [9.17, 15) is 4.39 Å². The monoisotopic (exact) mass is 1070 g/mol. The molecule has 3 aromatic heterocycles. The van der Waals surface area contributed by atoms with Crippen molar-refractivity contribution in [1.29, 1.82) is 0 Å². The Morgan fingerprint density at radius 1 is 0.758 bits per heavy atom. The van der Waals surface area contributed by atoms with E-state index in [1.807, 2.05) is 26.8 Å². The first kappa shape index (κ1) is 40.5. The molecule has 0 N–H and O–H groups in total. The van der Waals surface area contributed by atoms with Crippen molar-refractivity contribution in [1.82, 2.24) is 14.5 Å². The number of aromatic nitrogens is 3. The van der Waals surface area contributed by atoms with E-state index in [0.29, 0.717) is 17.4 Å². The molecule has 0 aliphatic heterocycles. The average Bonchev–Trinajstić information content (AvgIpc) is 3.89. The summed E-state index contributed by atoms with van der Waals surface area (Å²) in [6.45, 7) is 18.5. The number of fused-ring (bicyclic) bond motifs is 8. The van der Waals surface area contributed by atoms with Crippen LogP contribution in [0.4, 0.5) is 4.39 Å². The van der Waals surface area contributed by atoms with E-state index in [1.54, 1.807) is 12.3 Å². The molecule has 0 bridgehead atoms. The number of nitrogens with zero attached hydrogens (tertiary/aromatic N) is 3. The number of hydrogen-bond acceptors (Lipinski definition) is 3. The number of hydrogen-bond donors (Lipinski definition) is 0. The fraction of sp³-hybridized carbons (Fsp3) is 0.254. The first-order chi connectivity index (χ1) is 33.0. The van der Waals surface area contributed by atoms with Crippen molar-refractivity contribution < 1.29 is 35.8 Å². The zero-order chi connectivity index (χ0) is 50.2. The largest absolute Gasteiger partial charge is 0.500 e. The second kappa shape index (κ2) is 18.2. The summed E-state index contributed by atoms with van der Waals surface area (Å²) in [5, 5.41) is 7.85. The summed E-state index contributed by atoms with van der Waals surface area (Å²) in [6.07, 6.45) is -0.0131. The number of imidazole rings is 1. The molecule has 10 aromatic rings. The smallest absolute Gasteiger partial charge is 0.128 e. The third-order valence-electron chi connectivity index (χ3n) is 12.0. The van der Waals surface area contributed by atoms with Gasteiger partial charge in [0.25, 0.3) is 0 Å². The second-order valence-corrected chi connectivity index (χ2v) is 24.8. The van der Waals surface area contributed by atoms with Crippen LogP contribution in [0.25, 0.3) is 82.8 Å². The zero-order valence-corrected chi connectivity index (χ0v) is 42.6. The molecule has 0 saturated heterocycles. The molecule has 0 saturated carbocycles. The zero-order valence-electron chi connectivity index (χ0n) is 44.2. The van der Waals surface area contributed by atoms with E-state index in [-0.39, 0.29) is 36.9 Å². The van der Waals surface area contributed by atoms with Crippen molar-refractivity contribution in [3.8, 4) is 28.3 Å². The first-order valence-electron chi connectivity index (χ1n) is 25.0. The Morgan fingerprint density at radius 2 is 1.42 bits per heavy atom. The number of para-hydroxylation sites is 3. The van der Waals surface area contributed by atoms with Crippen LogP contribution in [0.3, 0.4) is 0 Å². The van der Waals surface area contributed by atoms with Crippen LogP contribution in [0.2, 0.25) is 19.6 Å². The normalized spacial score (nSPS) is 13.7. The second-order valence-electron chi connectivity index (χ2n) is 19.7. The molecule has 10 rings (SSSR count). The van der Waals surface area contributed by atoms with Crippen molar-refractivity contribution in [3.05, 3.63) is 168 Å². The van der Waals surface area contributed by atoms with Crippen LogP contribution in [-0.4, -0.2) is 22.6 Å². The number of furan rings is 1. The van der Waals surface area contributed by atoms with Gasteiger partial charge >= 0.3 is 0 Å². The molecule has 0 aliphatic carbocycles. The SMILES string of the molecule is CC(C)c1cccc(C(C)C)c1-n1c(-c2[c-]ccc3c2oc2c3ccc3c4ccccc4ccc32)nc2ccccc21.[2H]C([2H])([2H])c1c[c-]c(-c2cc(C([2H])([2H])C(C)(C)C)c([Si](C)(C)C)cn2)c(F)c1.[Ir]. The fourth-order valence-electron chi connectivity index (χ4n) is 9.01. The molecular weight excluding hydrogens is 1010 g/mol. The van der Waals surface area contributed by atoms with E-state index >= 15 is 0 Å². The minimum atomic E-state index is -2.42. The van der Waals surface area contributed by atoms with Gasteiger partial charge in [0.2, 0.25) is 0 Å². The van der Waals surface area contributed by atoms with Crippen LogP contribution in [-0.2, 0) is 26.5 Å². The predicted octanol–water partition coefficient (Wildman–Crippen LogP) is 16.1. The van der Waals surface area contributed by atoms with Crippen molar-refractivity contribution in [2.24, 2.45) is 5.41 Å². The average molecular weight is 1070 g/mol. The molecule has 66 heavy (non-hydrogen) atoms. The summed E-state index contributed by atoms with van der Waals surface area (Å²) < 4.78 is 63.6. The van der Waals surface area contributed by atoms with Crippen molar-refractivity contribution in [3.63, 3.8) is 0 Å². The van der Waals surface area contributed by atoms with Gasteiger partial charge in [-0.1, -0.05) is 182 Å². The quantitative estimate of drug-likeness (QED) is 0.0907. The van der Waals surface area contributed by atoms with Crippen molar-refractivity contribution in [2.75, 3.05) is 0 Å². The van der Waals surface area contributed by atoms with Gasteiger partial charge in [-0.25, -0.2) is 0 Å². The molecule has 0 atom stereocenters. The predicted molar refractivity (Wildman–Crippen MR) is 275 cm³/mol. The van der Waals surface area contributed by atoms with Gasteiger partial charge < -0.3 is 14.0 Å². The third-order valence-corrected chi connectivity index (χ3v) is 14.1. The Labute approximate surface area is 410 Å². The van der Waals surface area contributed by atoms with Crippen LogP contribution < -0.4 is 5.19 Å². The molecule has 0 amide bonds. The Kier molecular flexibility index (Phi) is 11.2. The van der Waals surface area contributed by atoms with Crippen LogP contribution in [0.1, 0.15) is 89.4 Å². The summed E-state index contributed by atoms with van der Waals surface area (Å²) in [5.41, 5.74) is 8.47. The van der Waals surface area contributed by atoms with E-state index in [4.69, 9.17) is 16.3 Å². The van der Waals surface area contributed by atoms with Crippen LogP contribution in [0.15, 0.2) is 132 Å². The number of aryl methyl sites for hydroxylation is 1. The number of rotatable bonds is 7. The maximum absolute atomic E-state index is 14.7. The van der Waals surface area contributed by atoms with Gasteiger partial charge in [0, 0.05) is 55.4 Å². The maximum Gasteiger partial charge on any atom is 0.128 e. The molecule has 0 aliphatic rings. The molecule has 337 valence electrons. The summed E-state index contributed by atoms with van der Waals surface area (Å²) in [5.74, 6) is 0.814. The van der Waals surface area contributed by atoms with Crippen molar-refractivity contribution in [2.45, 2.75) is 93.2 Å². The van der Waals surface area contributed by atoms with E-state index in [0.717, 1.165) is 61.0 Å². The Bertz CT molecular complexity index is 3610. The molecule has 0 fully saturated rings. The topological polar surface area (TPSA) is 43.9 Å². The molecule has 3 heterocycles. The van der Waals surface area contributed by atoms with E-state index < -0.39 is 32.5 Å². The molecule has 0 unspecified atom stereocenters. The molecular formula is C59H58FIrN3OSi-2. The summed E-state index contributed by atoms with van der Waals surface area (Å²) in [7, 11) is -1.92. The third kappa shape index (κ3) is 8.81. The van der Waals surface area contributed by atoms with E-state index in [1.165, 1.54) is 39.0 Å². The van der Waals surface area contributed by atoms with Crippen molar-refractivity contribution >= 4 is 67.8 Å². The molecule has 7 aromatic carbocycles. The Balaban J connectivity index is 0.000000205. The van der Waals surface area contributed by atoms with Crippen LogP contribution in [0.5, 0.6) is 0 Å². The van der Waals surface area contributed by atoms with Gasteiger partial charge in [0.05, 0.1) is 30.5 Å². The summed E-state index contributed by atoms with van der Waals surface area (Å²) in [6, 6.07) is 46.7. The number of halogens is 1. The first-order valence-corrected chi connectivity index (χ1v) is 26.0. The van der Waals surface area contributed by atoms with Gasteiger partial charge in [-0.3, -0.25) is 9.37 Å². The molecule has 1 radical (unpaired) electrons. The van der Waals surface area contributed by atoms with Crippen LogP contribution >= 0.6 is 0 Å². The summed E-state index contributed by atoms with van der Waals surface area (Å²) >= 11 is 0. The maximum atomic E-state index is 14.7. The standard InChI is InChI=1S/C39H31N2O.C20H27FNSi.Ir/c1-23(2)26-13-9-14-27(24(3)4)36(26)41-35-18-8-7-17-34(35)40-39(41)33-16-10-15-30-32-22-21-29-28-12-6-5-11-25(28)19-20-31(29)37(32)42-38(30)33;1-14-8-9-16(17(21)10-14)18-11-15(12-20(2,3)4)19(13-22-18)23(5,6)7;/h5-15,17-24H,1-4H3;8,10-11,13H,12H2,1-7H3;/q2*-1;/i;1D3,12D2;. The minimum Gasteiger partial charge on any atom is -0.500 e. The van der Waals surface area contributed by atoms with Gasteiger partial charge in [0.1, 0.15) is 5.58 Å². The molecule has 4 nitrogen and oxygen atoms in total. The van der Waals surface area contributed by atoms with Gasteiger partial charge in [-0.2, -0.15) is 0 Å². The van der Waals surface area contributed by atoms with Gasteiger partial charge in [-0.05, 0) is 73.9 Å².